The predicted octanol–water partition coefficient (Wildman–Crippen LogP) is 2.48. The van der Waals surface area contributed by atoms with Crippen LogP contribution in [0.15, 0.2) is 18.2 Å². The van der Waals surface area contributed by atoms with Crippen LogP contribution in [-0.2, 0) is 14.3 Å². The second-order valence-corrected chi connectivity index (χ2v) is 6.53. The number of rotatable bonds is 9. The van der Waals surface area contributed by atoms with Crippen LogP contribution in [0.2, 0.25) is 0 Å². The van der Waals surface area contributed by atoms with Gasteiger partial charge in [-0.3, -0.25) is 14.9 Å². The molecule has 0 heterocycles. The maximum absolute atomic E-state index is 12.1. The van der Waals surface area contributed by atoms with Crippen LogP contribution in [0.5, 0.6) is 0 Å². The van der Waals surface area contributed by atoms with Gasteiger partial charge in [0.25, 0.3) is 11.6 Å². The molecule has 0 unspecified atom stereocenters. The van der Waals surface area contributed by atoms with E-state index in [9.17, 15) is 24.5 Å². The van der Waals surface area contributed by atoms with Crippen molar-refractivity contribution >= 4 is 23.5 Å². The highest BCUT2D eigenvalue weighted by Gasteiger charge is 2.20. The number of methoxy groups -OCH3 is 1. The third-order valence-electron chi connectivity index (χ3n) is 3.70. The zero-order chi connectivity index (χ0) is 20.6. The van der Waals surface area contributed by atoms with Gasteiger partial charge >= 0.3 is 11.9 Å². The van der Waals surface area contributed by atoms with Crippen molar-refractivity contribution in [3.05, 3.63) is 39.4 Å². The number of nitro groups is 1. The number of nitro benzene ring substituents is 1. The Labute approximate surface area is 157 Å². The standard InChI is InChI=1S/C18H24N2O7/c1-11(2)5-6-12(3)19-16(21)10-27-18(23)14-7-13(17(22)26-4)8-15(9-14)20(24)25/h7-9,11-12H,5-6,10H2,1-4H3,(H,19,21)/t12-/m1/s1. The van der Waals surface area contributed by atoms with Crippen LogP contribution in [0.3, 0.4) is 0 Å². The Morgan fingerprint density at radius 3 is 2.19 bits per heavy atom. The average molecular weight is 380 g/mol. The molecule has 0 spiro atoms. The lowest BCUT2D eigenvalue weighted by atomic mass is 10.0. The number of carbonyl (C=O) groups is 3. The molecule has 148 valence electrons. The highest BCUT2D eigenvalue weighted by molar-refractivity contribution is 5.97. The van der Waals surface area contributed by atoms with Crippen molar-refractivity contribution in [1.29, 1.82) is 0 Å². The lowest BCUT2D eigenvalue weighted by molar-refractivity contribution is -0.384. The second-order valence-electron chi connectivity index (χ2n) is 6.53. The fourth-order valence-electron chi connectivity index (χ4n) is 2.26. The van der Waals surface area contributed by atoms with Gasteiger partial charge in [-0.1, -0.05) is 13.8 Å². The molecule has 1 aromatic carbocycles. The first-order chi connectivity index (χ1) is 12.6. The minimum atomic E-state index is -0.950. The Bertz CT molecular complexity index is 716. The molecule has 1 N–H and O–H groups in total. The topological polar surface area (TPSA) is 125 Å². The second kappa shape index (κ2) is 10.2. The highest BCUT2D eigenvalue weighted by Crippen LogP contribution is 2.19. The molecule has 0 aliphatic carbocycles. The molecule has 0 fully saturated rings. The summed E-state index contributed by atoms with van der Waals surface area (Å²) in [7, 11) is 1.12. The van der Waals surface area contributed by atoms with Crippen LogP contribution in [0.4, 0.5) is 5.69 Å². The van der Waals surface area contributed by atoms with E-state index in [1.165, 1.54) is 0 Å². The molecule has 1 aromatic rings. The van der Waals surface area contributed by atoms with Gasteiger partial charge in [-0.15, -0.1) is 0 Å². The van der Waals surface area contributed by atoms with Gasteiger partial charge in [0, 0.05) is 18.2 Å². The third-order valence-corrected chi connectivity index (χ3v) is 3.70. The van der Waals surface area contributed by atoms with Gasteiger partial charge < -0.3 is 14.8 Å². The van der Waals surface area contributed by atoms with Gasteiger partial charge in [0.15, 0.2) is 6.61 Å². The molecular formula is C18H24N2O7. The molecule has 0 radical (unpaired) electrons. The van der Waals surface area contributed by atoms with Gasteiger partial charge in [0.05, 0.1) is 23.2 Å². The van der Waals surface area contributed by atoms with E-state index in [1.807, 2.05) is 6.92 Å². The number of nitrogens with zero attached hydrogens (tertiary/aromatic N) is 1. The molecule has 0 aliphatic rings. The van der Waals surface area contributed by atoms with Crippen LogP contribution in [0, 0.1) is 16.0 Å². The van der Waals surface area contributed by atoms with Crippen LogP contribution in [0.25, 0.3) is 0 Å². The fourth-order valence-corrected chi connectivity index (χ4v) is 2.26. The predicted molar refractivity (Wildman–Crippen MR) is 96.4 cm³/mol. The highest BCUT2D eigenvalue weighted by atomic mass is 16.6. The summed E-state index contributed by atoms with van der Waals surface area (Å²) in [5.74, 6) is -1.74. The molecule has 1 atom stereocenters. The molecule has 0 saturated carbocycles. The van der Waals surface area contributed by atoms with Crippen molar-refractivity contribution in [3.8, 4) is 0 Å². The maximum Gasteiger partial charge on any atom is 0.338 e. The van der Waals surface area contributed by atoms with E-state index in [0.717, 1.165) is 38.2 Å². The third kappa shape index (κ3) is 7.43. The maximum atomic E-state index is 12.1. The van der Waals surface area contributed by atoms with Crippen molar-refractivity contribution in [2.45, 2.75) is 39.7 Å². The van der Waals surface area contributed by atoms with E-state index < -0.39 is 35.1 Å². The van der Waals surface area contributed by atoms with Crippen molar-refractivity contribution < 1.29 is 28.8 Å². The van der Waals surface area contributed by atoms with Crippen LogP contribution >= 0.6 is 0 Å². The van der Waals surface area contributed by atoms with Gasteiger partial charge in [0.2, 0.25) is 0 Å². The number of nitrogens with one attached hydrogen (secondary N) is 1. The van der Waals surface area contributed by atoms with E-state index in [0.29, 0.717) is 5.92 Å². The summed E-state index contributed by atoms with van der Waals surface area (Å²) in [6.07, 6.45) is 1.75. The summed E-state index contributed by atoms with van der Waals surface area (Å²) in [6.45, 7) is 5.49. The van der Waals surface area contributed by atoms with Gasteiger partial charge in [-0.2, -0.15) is 0 Å². The Morgan fingerprint density at radius 2 is 1.67 bits per heavy atom. The van der Waals surface area contributed by atoms with E-state index in [4.69, 9.17) is 4.74 Å². The number of benzene rings is 1. The molecular weight excluding hydrogens is 356 g/mol. The van der Waals surface area contributed by atoms with E-state index >= 15 is 0 Å². The van der Waals surface area contributed by atoms with E-state index in [2.05, 4.69) is 23.9 Å². The lowest BCUT2D eigenvalue weighted by Gasteiger charge is -2.15. The molecule has 0 bridgehead atoms. The first-order valence-electron chi connectivity index (χ1n) is 8.48. The SMILES string of the molecule is COC(=O)c1cc(C(=O)OCC(=O)N[C@H](C)CCC(C)C)cc([N+](=O)[O-])c1. The lowest BCUT2D eigenvalue weighted by Crippen LogP contribution is -2.36. The molecule has 27 heavy (non-hydrogen) atoms. The van der Waals surface area contributed by atoms with Gasteiger partial charge in [-0.25, -0.2) is 9.59 Å². The van der Waals surface area contributed by atoms with Crippen LogP contribution in [0.1, 0.15) is 54.3 Å². The van der Waals surface area contributed by atoms with Crippen LogP contribution < -0.4 is 5.32 Å². The number of esters is 2. The van der Waals surface area contributed by atoms with Gasteiger partial charge in [-0.05, 0) is 31.7 Å². The zero-order valence-electron chi connectivity index (χ0n) is 15.8. The summed E-state index contributed by atoms with van der Waals surface area (Å²) >= 11 is 0. The largest absolute Gasteiger partial charge is 0.465 e. The van der Waals surface area contributed by atoms with Crippen molar-refractivity contribution in [1.82, 2.24) is 5.32 Å². The van der Waals surface area contributed by atoms with Crippen molar-refractivity contribution in [2.24, 2.45) is 5.92 Å². The number of carbonyl (C=O) groups excluding carboxylic acids is 3. The smallest absolute Gasteiger partial charge is 0.338 e. The first kappa shape index (κ1) is 22.1. The number of hydrogen-bond donors (Lipinski definition) is 1. The quantitative estimate of drug-likeness (QED) is 0.396. The summed E-state index contributed by atoms with van der Waals surface area (Å²) in [5, 5.41) is 13.7. The molecule has 9 heteroatoms. The number of non-ortho nitro benzene ring substituents is 1. The van der Waals surface area contributed by atoms with E-state index in [1.54, 1.807) is 0 Å². The molecule has 9 nitrogen and oxygen atoms in total. The van der Waals surface area contributed by atoms with E-state index in [-0.39, 0.29) is 17.2 Å². The summed E-state index contributed by atoms with van der Waals surface area (Å²) < 4.78 is 9.40. The Morgan fingerprint density at radius 1 is 1.07 bits per heavy atom. The molecule has 1 rings (SSSR count). The minimum absolute atomic E-state index is 0.0673. The normalized spacial score (nSPS) is 11.6. The average Bonchev–Trinajstić information content (AvgIpc) is 2.63. The zero-order valence-corrected chi connectivity index (χ0v) is 15.8. The molecule has 0 aromatic heterocycles. The van der Waals surface area contributed by atoms with Crippen molar-refractivity contribution in [3.63, 3.8) is 0 Å². The number of hydrogen-bond acceptors (Lipinski definition) is 7. The molecule has 1 amide bonds. The molecule has 0 saturated heterocycles. The Balaban J connectivity index is 2.73. The summed E-state index contributed by atoms with van der Waals surface area (Å²) in [5.41, 5.74) is -0.840. The van der Waals surface area contributed by atoms with Gasteiger partial charge in [0.1, 0.15) is 0 Å². The molecule has 0 aliphatic heterocycles. The van der Waals surface area contributed by atoms with Crippen molar-refractivity contribution in [2.75, 3.05) is 13.7 Å². The fraction of sp³-hybridized carbons (Fsp3) is 0.500. The summed E-state index contributed by atoms with van der Waals surface area (Å²) in [4.78, 5) is 45.8. The first-order valence-corrected chi connectivity index (χ1v) is 8.48. The number of amides is 1. The van der Waals surface area contributed by atoms with Crippen LogP contribution in [-0.4, -0.2) is 42.5 Å². The Kier molecular flexibility index (Phi) is 8.37. The minimum Gasteiger partial charge on any atom is -0.465 e. The summed E-state index contributed by atoms with van der Waals surface area (Å²) in [6, 6.07) is 3.01. The monoisotopic (exact) mass is 380 g/mol. The Hall–Kier alpha value is -2.97. The number of ether oxygens (including phenoxy) is 2.